The molecule has 0 fully saturated rings. The van der Waals surface area contributed by atoms with Crippen molar-refractivity contribution in [2.45, 2.75) is 20.8 Å². The van der Waals surface area contributed by atoms with E-state index in [4.69, 9.17) is 0 Å². The van der Waals surface area contributed by atoms with Crippen molar-refractivity contribution in [1.82, 2.24) is 20.2 Å². The molecule has 0 saturated carbocycles. The molecule has 2 aromatic heterocycles. The van der Waals surface area contributed by atoms with Crippen LogP contribution in [0.5, 0.6) is 0 Å². The number of imidazole rings is 1. The van der Waals surface area contributed by atoms with Crippen molar-refractivity contribution < 1.29 is 0 Å². The van der Waals surface area contributed by atoms with E-state index in [9.17, 15) is 0 Å². The molecular weight excluding hydrogens is 236 g/mol. The fourth-order valence-electron chi connectivity index (χ4n) is 2.30. The van der Waals surface area contributed by atoms with Gasteiger partial charge in [0.05, 0.1) is 17.0 Å². The first-order chi connectivity index (χ1) is 9.15. The molecule has 4 heteroatoms. The van der Waals surface area contributed by atoms with Crippen molar-refractivity contribution in [2.75, 3.05) is 0 Å². The van der Waals surface area contributed by atoms with Gasteiger partial charge in [0, 0.05) is 17.5 Å². The van der Waals surface area contributed by atoms with Crippen LogP contribution in [-0.4, -0.2) is 20.2 Å². The van der Waals surface area contributed by atoms with Crippen LogP contribution in [0.25, 0.3) is 22.6 Å². The predicted molar refractivity (Wildman–Crippen MR) is 75.8 cm³/mol. The largest absolute Gasteiger partial charge is 0.344 e. The number of hydrogen-bond donors (Lipinski definition) is 2. The van der Waals surface area contributed by atoms with Crippen LogP contribution in [0.4, 0.5) is 0 Å². The van der Waals surface area contributed by atoms with E-state index in [0.29, 0.717) is 0 Å². The van der Waals surface area contributed by atoms with Gasteiger partial charge in [-0.3, -0.25) is 5.10 Å². The Morgan fingerprint density at radius 2 is 1.95 bits per heavy atom. The second kappa shape index (κ2) is 4.39. The SMILES string of the molecule is Cc1cccc(-c2c[nH]c(-c3c(C)n[nH]c3C)n2)c1. The van der Waals surface area contributed by atoms with E-state index in [1.165, 1.54) is 5.56 Å². The van der Waals surface area contributed by atoms with E-state index in [0.717, 1.165) is 34.0 Å². The number of aromatic nitrogens is 4. The highest BCUT2D eigenvalue weighted by atomic mass is 15.1. The molecule has 0 aliphatic heterocycles. The van der Waals surface area contributed by atoms with Gasteiger partial charge in [-0.05, 0) is 26.8 Å². The summed E-state index contributed by atoms with van der Waals surface area (Å²) in [5.41, 5.74) is 6.36. The standard InChI is InChI=1S/C15H16N4/c1-9-5-4-6-12(7-9)13-8-16-15(17-13)14-10(2)18-19-11(14)3/h4-8H,1-3H3,(H,16,17)(H,18,19). The van der Waals surface area contributed by atoms with Gasteiger partial charge in [0.2, 0.25) is 0 Å². The monoisotopic (exact) mass is 252 g/mol. The van der Waals surface area contributed by atoms with Crippen molar-refractivity contribution in [3.05, 3.63) is 47.4 Å². The summed E-state index contributed by atoms with van der Waals surface area (Å²) in [6.07, 6.45) is 1.94. The fourth-order valence-corrected chi connectivity index (χ4v) is 2.30. The van der Waals surface area contributed by atoms with Gasteiger partial charge >= 0.3 is 0 Å². The van der Waals surface area contributed by atoms with Crippen LogP contribution >= 0.6 is 0 Å². The minimum Gasteiger partial charge on any atom is -0.344 e. The molecule has 1 aromatic carbocycles. The predicted octanol–water partition coefficient (Wildman–Crippen LogP) is 3.39. The Bertz CT molecular complexity index is 702. The first-order valence-electron chi connectivity index (χ1n) is 6.29. The molecule has 0 bridgehead atoms. The summed E-state index contributed by atoms with van der Waals surface area (Å²) >= 11 is 0. The van der Waals surface area contributed by atoms with Crippen molar-refractivity contribution in [3.63, 3.8) is 0 Å². The summed E-state index contributed by atoms with van der Waals surface area (Å²) in [5.74, 6) is 0.861. The van der Waals surface area contributed by atoms with Crippen molar-refractivity contribution in [1.29, 1.82) is 0 Å². The third kappa shape index (κ3) is 2.05. The van der Waals surface area contributed by atoms with Gasteiger partial charge in [-0.1, -0.05) is 23.8 Å². The third-order valence-corrected chi connectivity index (χ3v) is 3.26. The molecule has 0 radical (unpaired) electrons. The second-order valence-electron chi connectivity index (χ2n) is 4.81. The Labute approximate surface area is 111 Å². The average Bonchev–Trinajstić information content (AvgIpc) is 2.97. The molecule has 0 aliphatic rings. The Hall–Kier alpha value is -2.36. The van der Waals surface area contributed by atoms with Crippen molar-refractivity contribution >= 4 is 0 Å². The van der Waals surface area contributed by atoms with Crippen LogP contribution in [0.1, 0.15) is 17.0 Å². The Morgan fingerprint density at radius 3 is 2.63 bits per heavy atom. The first kappa shape index (κ1) is 11.7. The van der Waals surface area contributed by atoms with E-state index < -0.39 is 0 Å². The minimum absolute atomic E-state index is 0.861. The Morgan fingerprint density at radius 1 is 1.11 bits per heavy atom. The van der Waals surface area contributed by atoms with Crippen LogP contribution < -0.4 is 0 Å². The molecule has 0 amide bonds. The summed E-state index contributed by atoms with van der Waals surface area (Å²) < 4.78 is 0. The van der Waals surface area contributed by atoms with Gasteiger partial charge in [-0.15, -0.1) is 0 Å². The van der Waals surface area contributed by atoms with Gasteiger partial charge in [-0.2, -0.15) is 5.10 Å². The highest BCUT2D eigenvalue weighted by Gasteiger charge is 2.13. The van der Waals surface area contributed by atoms with Gasteiger partial charge in [0.15, 0.2) is 0 Å². The number of nitrogens with one attached hydrogen (secondary N) is 2. The molecule has 2 heterocycles. The summed E-state index contributed by atoms with van der Waals surface area (Å²) in [4.78, 5) is 7.91. The number of benzene rings is 1. The maximum absolute atomic E-state index is 4.67. The zero-order valence-corrected chi connectivity index (χ0v) is 11.3. The van der Waals surface area contributed by atoms with Crippen LogP contribution in [0, 0.1) is 20.8 Å². The number of aryl methyl sites for hydroxylation is 3. The van der Waals surface area contributed by atoms with Crippen molar-refractivity contribution in [3.8, 4) is 22.6 Å². The van der Waals surface area contributed by atoms with E-state index in [1.807, 2.05) is 26.1 Å². The number of hydrogen-bond acceptors (Lipinski definition) is 2. The van der Waals surface area contributed by atoms with Gasteiger partial charge < -0.3 is 4.98 Å². The topological polar surface area (TPSA) is 57.4 Å². The molecule has 2 N–H and O–H groups in total. The molecular formula is C15H16N4. The smallest absolute Gasteiger partial charge is 0.141 e. The van der Waals surface area contributed by atoms with E-state index in [1.54, 1.807) is 0 Å². The summed E-state index contributed by atoms with van der Waals surface area (Å²) in [7, 11) is 0. The molecule has 0 saturated heterocycles. The van der Waals surface area contributed by atoms with E-state index in [2.05, 4.69) is 45.3 Å². The van der Waals surface area contributed by atoms with Gasteiger partial charge in [0.25, 0.3) is 0 Å². The molecule has 0 atom stereocenters. The van der Waals surface area contributed by atoms with Crippen LogP contribution in [0.2, 0.25) is 0 Å². The van der Waals surface area contributed by atoms with Crippen molar-refractivity contribution in [2.24, 2.45) is 0 Å². The molecule has 0 aliphatic carbocycles. The van der Waals surface area contributed by atoms with Crippen LogP contribution in [0.3, 0.4) is 0 Å². The normalized spacial score (nSPS) is 10.9. The Kier molecular flexibility index (Phi) is 2.71. The summed E-state index contributed by atoms with van der Waals surface area (Å²) in [5, 5.41) is 7.19. The van der Waals surface area contributed by atoms with Crippen LogP contribution in [0.15, 0.2) is 30.5 Å². The quantitative estimate of drug-likeness (QED) is 0.734. The lowest BCUT2D eigenvalue weighted by Gasteiger charge is -1.98. The maximum atomic E-state index is 4.67. The number of nitrogens with zero attached hydrogens (tertiary/aromatic N) is 2. The zero-order valence-electron chi connectivity index (χ0n) is 11.3. The lowest BCUT2D eigenvalue weighted by molar-refractivity contribution is 1.02. The maximum Gasteiger partial charge on any atom is 0.141 e. The zero-order chi connectivity index (χ0) is 13.4. The number of rotatable bonds is 2. The van der Waals surface area contributed by atoms with E-state index in [-0.39, 0.29) is 0 Å². The molecule has 96 valence electrons. The molecule has 0 spiro atoms. The number of H-pyrrole nitrogens is 2. The summed E-state index contributed by atoms with van der Waals surface area (Å²) in [6.45, 7) is 6.07. The highest BCUT2D eigenvalue weighted by Crippen LogP contribution is 2.25. The Balaban J connectivity index is 2.05. The number of aromatic amines is 2. The lowest BCUT2D eigenvalue weighted by Crippen LogP contribution is -1.85. The second-order valence-corrected chi connectivity index (χ2v) is 4.81. The van der Waals surface area contributed by atoms with Gasteiger partial charge in [0.1, 0.15) is 5.82 Å². The molecule has 4 nitrogen and oxygen atoms in total. The minimum atomic E-state index is 0.861. The molecule has 0 unspecified atom stereocenters. The molecule has 19 heavy (non-hydrogen) atoms. The first-order valence-corrected chi connectivity index (χ1v) is 6.29. The summed E-state index contributed by atoms with van der Waals surface area (Å²) in [6, 6.07) is 8.34. The fraction of sp³-hybridized carbons (Fsp3) is 0.200. The lowest BCUT2D eigenvalue weighted by atomic mass is 10.1. The van der Waals surface area contributed by atoms with Gasteiger partial charge in [-0.25, -0.2) is 4.98 Å². The average molecular weight is 252 g/mol. The third-order valence-electron chi connectivity index (χ3n) is 3.26. The highest BCUT2D eigenvalue weighted by molar-refractivity contribution is 5.67. The molecule has 3 aromatic rings. The van der Waals surface area contributed by atoms with E-state index >= 15 is 0 Å². The molecule has 3 rings (SSSR count). The van der Waals surface area contributed by atoms with Crippen LogP contribution in [-0.2, 0) is 0 Å².